The first-order chi connectivity index (χ1) is 13.5. The van der Waals surface area contributed by atoms with Crippen LogP contribution in [0.4, 0.5) is 5.69 Å². The number of rotatable bonds is 7. The van der Waals surface area contributed by atoms with E-state index >= 15 is 0 Å². The summed E-state index contributed by atoms with van der Waals surface area (Å²) in [7, 11) is 2.92. The highest BCUT2D eigenvalue weighted by atomic mass is 32.1. The minimum Gasteiger partial charge on any atom is -0.493 e. The summed E-state index contributed by atoms with van der Waals surface area (Å²) < 4.78 is 20.8. The van der Waals surface area contributed by atoms with Gasteiger partial charge in [-0.2, -0.15) is 0 Å². The summed E-state index contributed by atoms with van der Waals surface area (Å²) in [6.45, 7) is 1.67. The van der Waals surface area contributed by atoms with E-state index < -0.39 is 5.97 Å². The Morgan fingerprint density at radius 1 is 1.18 bits per heavy atom. The zero-order chi connectivity index (χ0) is 20.1. The van der Waals surface area contributed by atoms with Crippen LogP contribution < -0.4 is 14.8 Å². The molecule has 8 nitrogen and oxygen atoms in total. The average Bonchev–Trinajstić information content (AvgIpc) is 3.37. The molecule has 0 aliphatic carbocycles. The van der Waals surface area contributed by atoms with Gasteiger partial charge in [-0.15, -0.1) is 11.3 Å². The number of esters is 1. The van der Waals surface area contributed by atoms with Gasteiger partial charge >= 0.3 is 5.97 Å². The molecular formula is C19H18N2O6S. The molecule has 0 aliphatic rings. The first-order valence-electron chi connectivity index (χ1n) is 8.22. The van der Waals surface area contributed by atoms with Crippen molar-refractivity contribution in [1.82, 2.24) is 5.16 Å². The number of benzene rings is 1. The number of ether oxygens (including phenoxy) is 3. The Morgan fingerprint density at radius 3 is 2.54 bits per heavy atom. The summed E-state index contributed by atoms with van der Waals surface area (Å²) in [6, 6.07) is 8.09. The Balaban J connectivity index is 1.87. The maximum absolute atomic E-state index is 12.7. The molecule has 0 fully saturated rings. The summed E-state index contributed by atoms with van der Waals surface area (Å²) in [4.78, 5) is 25.6. The number of nitrogens with one attached hydrogen (secondary N) is 1. The lowest BCUT2D eigenvalue weighted by molar-refractivity contribution is 0.0465. The van der Waals surface area contributed by atoms with Crippen LogP contribution in [-0.2, 0) is 11.3 Å². The van der Waals surface area contributed by atoms with Crippen molar-refractivity contribution in [2.75, 3.05) is 19.5 Å². The monoisotopic (exact) mass is 402 g/mol. The van der Waals surface area contributed by atoms with Crippen LogP contribution in [0.3, 0.4) is 0 Å². The van der Waals surface area contributed by atoms with Crippen LogP contribution in [-0.4, -0.2) is 31.3 Å². The molecule has 2 aromatic heterocycles. The van der Waals surface area contributed by atoms with Crippen LogP contribution in [0.2, 0.25) is 0 Å². The molecule has 3 rings (SSSR count). The molecule has 1 amide bonds. The van der Waals surface area contributed by atoms with E-state index in [9.17, 15) is 9.59 Å². The zero-order valence-electron chi connectivity index (χ0n) is 15.5. The van der Waals surface area contributed by atoms with Crippen molar-refractivity contribution < 1.29 is 28.3 Å². The van der Waals surface area contributed by atoms with E-state index in [-0.39, 0.29) is 23.8 Å². The minimum atomic E-state index is -0.650. The molecule has 0 radical (unpaired) electrons. The Bertz CT molecular complexity index is 980. The minimum absolute atomic E-state index is 0.0666. The molecule has 9 heteroatoms. The molecule has 0 saturated heterocycles. The largest absolute Gasteiger partial charge is 0.493 e. The third kappa shape index (κ3) is 4.32. The standard InChI is InChI=1S/C19H18N2O6S/c1-11-7-12(21-27-11)10-26-19(23)13-8-15(24-2)16(25-3)9-14(13)20-18(22)17-5-4-6-28-17/h4-9H,10H2,1-3H3,(H,20,22). The second-order valence-electron chi connectivity index (χ2n) is 5.69. The topological polar surface area (TPSA) is 99.9 Å². The van der Waals surface area contributed by atoms with Crippen LogP contribution in [0.5, 0.6) is 11.5 Å². The lowest BCUT2D eigenvalue weighted by Crippen LogP contribution is -2.15. The molecular weight excluding hydrogens is 384 g/mol. The van der Waals surface area contributed by atoms with Gasteiger partial charge in [0.15, 0.2) is 11.5 Å². The number of aromatic nitrogens is 1. The van der Waals surface area contributed by atoms with Crippen LogP contribution in [0, 0.1) is 6.92 Å². The van der Waals surface area contributed by atoms with Gasteiger partial charge in [0, 0.05) is 18.2 Å². The number of aryl methyl sites for hydroxylation is 1. The molecule has 2 heterocycles. The lowest BCUT2D eigenvalue weighted by Gasteiger charge is -2.15. The van der Waals surface area contributed by atoms with E-state index in [0.717, 1.165) is 0 Å². The molecule has 0 saturated carbocycles. The number of hydrogen-bond acceptors (Lipinski definition) is 8. The van der Waals surface area contributed by atoms with E-state index in [2.05, 4.69) is 10.5 Å². The van der Waals surface area contributed by atoms with Gasteiger partial charge in [0.2, 0.25) is 0 Å². The fourth-order valence-corrected chi connectivity index (χ4v) is 3.07. The van der Waals surface area contributed by atoms with Crippen LogP contribution in [0.15, 0.2) is 40.2 Å². The maximum Gasteiger partial charge on any atom is 0.340 e. The second kappa shape index (κ2) is 8.57. The van der Waals surface area contributed by atoms with Gasteiger partial charge in [-0.25, -0.2) is 4.79 Å². The predicted octanol–water partition coefficient (Wildman–Crippen LogP) is 3.67. The summed E-state index contributed by atoms with van der Waals surface area (Å²) in [5, 5.41) is 8.30. The van der Waals surface area contributed by atoms with E-state index in [4.69, 9.17) is 18.7 Å². The molecule has 3 aromatic rings. The lowest BCUT2D eigenvalue weighted by atomic mass is 10.1. The third-order valence-electron chi connectivity index (χ3n) is 3.76. The number of carbonyl (C=O) groups excluding carboxylic acids is 2. The number of methoxy groups -OCH3 is 2. The van der Waals surface area contributed by atoms with Crippen molar-refractivity contribution in [1.29, 1.82) is 0 Å². The Hall–Kier alpha value is -3.33. The molecule has 1 aromatic carbocycles. The van der Waals surface area contributed by atoms with Crippen LogP contribution >= 0.6 is 11.3 Å². The number of amides is 1. The first-order valence-corrected chi connectivity index (χ1v) is 9.10. The molecule has 0 unspecified atom stereocenters. The quantitative estimate of drug-likeness (QED) is 0.602. The number of anilines is 1. The Morgan fingerprint density at radius 2 is 1.93 bits per heavy atom. The summed E-state index contributed by atoms with van der Waals surface area (Å²) in [5.41, 5.74) is 0.857. The van der Waals surface area contributed by atoms with Crippen molar-refractivity contribution >= 4 is 28.9 Å². The molecule has 146 valence electrons. The Labute approximate surface area is 165 Å². The van der Waals surface area contributed by atoms with Crippen LogP contribution in [0.25, 0.3) is 0 Å². The normalized spacial score (nSPS) is 10.4. The van der Waals surface area contributed by atoms with E-state index in [1.807, 2.05) is 0 Å². The number of thiophene rings is 1. The molecule has 0 atom stereocenters. The van der Waals surface area contributed by atoms with Gasteiger partial charge in [-0.3, -0.25) is 4.79 Å². The highest BCUT2D eigenvalue weighted by molar-refractivity contribution is 7.12. The first kappa shape index (κ1) is 19.4. The average molecular weight is 402 g/mol. The fourth-order valence-electron chi connectivity index (χ4n) is 2.45. The van der Waals surface area contributed by atoms with Crippen LogP contribution in [0.1, 0.15) is 31.5 Å². The fraction of sp³-hybridized carbons (Fsp3) is 0.211. The highest BCUT2D eigenvalue weighted by Gasteiger charge is 2.21. The highest BCUT2D eigenvalue weighted by Crippen LogP contribution is 2.34. The number of nitrogens with zero attached hydrogens (tertiary/aromatic N) is 1. The summed E-state index contributed by atoms with van der Waals surface area (Å²) >= 11 is 1.29. The Kier molecular flexibility index (Phi) is 5.95. The van der Waals surface area contributed by atoms with Crippen molar-refractivity contribution in [3.8, 4) is 11.5 Å². The van der Waals surface area contributed by atoms with E-state index in [1.165, 1.54) is 37.7 Å². The second-order valence-corrected chi connectivity index (χ2v) is 6.64. The van der Waals surface area contributed by atoms with Gasteiger partial charge < -0.3 is 24.1 Å². The van der Waals surface area contributed by atoms with Crippen molar-refractivity contribution in [2.45, 2.75) is 13.5 Å². The number of hydrogen-bond donors (Lipinski definition) is 1. The number of carbonyl (C=O) groups is 2. The van der Waals surface area contributed by atoms with E-state index in [0.29, 0.717) is 27.8 Å². The molecule has 0 spiro atoms. The zero-order valence-corrected chi connectivity index (χ0v) is 16.3. The van der Waals surface area contributed by atoms with Crippen molar-refractivity contribution in [3.05, 3.63) is 57.6 Å². The summed E-state index contributed by atoms with van der Waals surface area (Å²) in [6.07, 6.45) is 0. The van der Waals surface area contributed by atoms with Gasteiger partial charge in [0.25, 0.3) is 5.91 Å². The third-order valence-corrected chi connectivity index (χ3v) is 4.63. The van der Waals surface area contributed by atoms with Crippen molar-refractivity contribution in [2.24, 2.45) is 0 Å². The smallest absolute Gasteiger partial charge is 0.340 e. The van der Waals surface area contributed by atoms with Gasteiger partial charge in [-0.1, -0.05) is 11.2 Å². The molecule has 0 bridgehead atoms. The molecule has 0 aliphatic heterocycles. The van der Waals surface area contributed by atoms with Gasteiger partial charge in [0.1, 0.15) is 18.1 Å². The molecule has 28 heavy (non-hydrogen) atoms. The van der Waals surface area contributed by atoms with Crippen molar-refractivity contribution in [3.63, 3.8) is 0 Å². The molecule has 1 N–H and O–H groups in total. The predicted molar refractivity (Wildman–Crippen MR) is 102 cm³/mol. The van der Waals surface area contributed by atoms with E-state index in [1.54, 1.807) is 30.5 Å². The maximum atomic E-state index is 12.7. The van der Waals surface area contributed by atoms with Gasteiger partial charge in [-0.05, 0) is 18.4 Å². The summed E-state index contributed by atoms with van der Waals surface area (Å²) in [5.74, 6) is 0.320. The SMILES string of the molecule is COc1cc(NC(=O)c2cccs2)c(C(=O)OCc2cc(C)on2)cc1OC. The van der Waals surface area contributed by atoms with Gasteiger partial charge in [0.05, 0.1) is 30.3 Å².